The lowest BCUT2D eigenvalue weighted by Gasteiger charge is -2.03. The maximum absolute atomic E-state index is 11.9. The largest absolute Gasteiger partial charge is 0.468 e. The van der Waals surface area contributed by atoms with Crippen molar-refractivity contribution in [1.29, 1.82) is 0 Å². The lowest BCUT2D eigenvalue weighted by molar-refractivity contribution is 0.102. The number of carbonyl (C=O) groups is 1. The second-order valence-corrected chi connectivity index (χ2v) is 5.35. The summed E-state index contributed by atoms with van der Waals surface area (Å²) in [4.78, 5) is 11.9. The highest BCUT2D eigenvalue weighted by Crippen LogP contribution is 2.19. The Kier molecular flexibility index (Phi) is 4.50. The first-order valence-corrected chi connectivity index (χ1v) is 7.09. The number of hydrogen-bond donors (Lipinski definition) is 0. The number of rotatable bonds is 5. The average molecular weight is 281 g/mol. The van der Waals surface area contributed by atoms with E-state index in [4.69, 9.17) is 16.0 Å². The molecular weight excluding hydrogens is 268 g/mol. The number of Topliss-reactive ketones (excluding diaryl/α,β-unsaturated/α-hetero) is 1. The Balaban J connectivity index is 1.89. The van der Waals surface area contributed by atoms with E-state index in [2.05, 4.69) is 0 Å². The van der Waals surface area contributed by atoms with Crippen LogP contribution in [0, 0.1) is 6.92 Å². The van der Waals surface area contributed by atoms with Crippen LogP contribution in [0.1, 0.15) is 21.7 Å². The van der Waals surface area contributed by atoms with E-state index in [0.29, 0.717) is 22.1 Å². The van der Waals surface area contributed by atoms with Crippen molar-refractivity contribution in [3.8, 4) is 0 Å². The molecule has 0 aliphatic rings. The molecule has 1 aromatic carbocycles. The summed E-state index contributed by atoms with van der Waals surface area (Å²) >= 11 is 7.48. The zero-order chi connectivity index (χ0) is 13.0. The maximum Gasteiger partial charge on any atom is 0.172 e. The van der Waals surface area contributed by atoms with Crippen LogP contribution in [0.5, 0.6) is 0 Å². The van der Waals surface area contributed by atoms with E-state index in [1.165, 1.54) is 0 Å². The predicted octanol–water partition coefficient (Wildman–Crippen LogP) is 4.36. The van der Waals surface area contributed by atoms with Gasteiger partial charge in [0.1, 0.15) is 5.76 Å². The Morgan fingerprint density at radius 2 is 2.22 bits per heavy atom. The van der Waals surface area contributed by atoms with Gasteiger partial charge in [-0.25, -0.2) is 0 Å². The number of aryl methyl sites for hydroxylation is 1. The van der Waals surface area contributed by atoms with Crippen LogP contribution in [0.2, 0.25) is 5.02 Å². The molecule has 0 bridgehead atoms. The van der Waals surface area contributed by atoms with Crippen LogP contribution in [-0.4, -0.2) is 11.5 Å². The number of hydrogen-bond acceptors (Lipinski definition) is 3. The highest BCUT2D eigenvalue weighted by Gasteiger charge is 2.08. The molecule has 94 valence electrons. The minimum absolute atomic E-state index is 0.117. The van der Waals surface area contributed by atoms with E-state index in [0.717, 1.165) is 11.3 Å². The number of ketones is 1. The van der Waals surface area contributed by atoms with Gasteiger partial charge in [0.2, 0.25) is 0 Å². The average Bonchev–Trinajstić information content (AvgIpc) is 2.85. The van der Waals surface area contributed by atoms with Crippen LogP contribution in [0.4, 0.5) is 0 Å². The normalized spacial score (nSPS) is 10.6. The van der Waals surface area contributed by atoms with Crippen molar-refractivity contribution in [2.24, 2.45) is 0 Å². The maximum atomic E-state index is 11.9. The second kappa shape index (κ2) is 6.12. The number of carbonyl (C=O) groups excluding carboxylic acids is 1. The van der Waals surface area contributed by atoms with E-state index in [-0.39, 0.29) is 5.78 Å². The van der Waals surface area contributed by atoms with Gasteiger partial charge in [0, 0.05) is 10.6 Å². The molecule has 4 heteroatoms. The smallest absolute Gasteiger partial charge is 0.172 e. The van der Waals surface area contributed by atoms with Crippen LogP contribution in [0.15, 0.2) is 41.0 Å². The highest BCUT2D eigenvalue weighted by molar-refractivity contribution is 7.99. The summed E-state index contributed by atoms with van der Waals surface area (Å²) in [7, 11) is 0. The molecule has 0 N–H and O–H groups in total. The van der Waals surface area contributed by atoms with E-state index >= 15 is 0 Å². The fourth-order valence-corrected chi connectivity index (χ4v) is 2.48. The van der Waals surface area contributed by atoms with E-state index in [1.807, 2.05) is 25.1 Å². The molecule has 0 amide bonds. The molecule has 0 saturated heterocycles. The van der Waals surface area contributed by atoms with Gasteiger partial charge in [0.05, 0.1) is 17.8 Å². The van der Waals surface area contributed by atoms with Crippen LogP contribution in [0.3, 0.4) is 0 Å². The second-order valence-electron chi connectivity index (χ2n) is 3.96. The number of furan rings is 1. The van der Waals surface area contributed by atoms with Crippen LogP contribution >= 0.6 is 23.4 Å². The first kappa shape index (κ1) is 13.2. The lowest BCUT2D eigenvalue weighted by atomic mass is 10.1. The summed E-state index contributed by atoms with van der Waals surface area (Å²) in [5, 5.41) is 0.690. The van der Waals surface area contributed by atoms with E-state index in [1.54, 1.807) is 30.2 Å². The summed E-state index contributed by atoms with van der Waals surface area (Å²) in [6.45, 7) is 1.90. The Morgan fingerprint density at radius 1 is 1.39 bits per heavy atom. The quantitative estimate of drug-likeness (QED) is 0.763. The van der Waals surface area contributed by atoms with E-state index in [9.17, 15) is 4.79 Å². The molecule has 2 nitrogen and oxygen atoms in total. The summed E-state index contributed by atoms with van der Waals surface area (Å²) in [5.74, 6) is 2.17. The minimum Gasteiger partial charge on any atom is -0.468 e. The van der Waals surface area contributed by atoms with Gasteiger partial charge in [-0.05, 0) is 42.8 Å². The number of benzene rings is 1. The Bertz CT molecular complexity index is 535. The molecule has 0 spiro atoms. The van der Waals surface area contributed by atoms with Gasteiger partial charge in [0.25, 0.3) is 0 Å². The molecule has 0 fully saturated rings. The van der Waals surface area contributed by atoms with Crippen LogP contribution in [0.25, 0.3) is 0 Å². The molecule has 1 aromatic heterocycles. The zero-order valence-electron chi connectivity index (χ0n) is 9.98. The SMILES string of the molecule is Cc1cc(C(=O)CSCc2ccco2)ccc1Cl. The van der Waals surface area contributed by atoms with Crippen LogP contribution < -0.4 is 0 Å². The third-order valence-electron chi connectivity index (χ3n) is 2.54. The van der Waals surface area contributed by atoms with Crippen molar-refractivity contribution in [2.75, 3.05) is 5.75 Å². The highest BCUT2D eigenvalue weighted by atomic mass is 35.5. The van der Waals surface area contributed by atoms with Crippen molar-refractivity contribution in [3.63, 3.8) is 0 Å². The first-order valence-electron chi connectivity index (χ1n) is 5.56. The van der Waals surface area contributed by atoms with Crippen molar-refractivity contribution in [1.82, 2.24) is 0 Å². The molecule has 2 aromatic rings. The molecule has 1 heterocycles. The fraction of sp³-hybridized carbons (Fsp3) is 0.214. The Morgan fingerprint density at radius 3 is 2.89 bits per heavy atom. The first-order chi connectivity index (χ1) is 8.66. The monoisotopic (exact) mass is 280 g/mol. The van der Waals surface area contributed by atoms with Gasteiger partial charge >= 0.3 is 0 Å². The van der Waals surface area contributed by atoms with Crippen molar-refractivity contribution in [2.45, 2.75) is 12.7 Å². The molecule has 0 atom stereocenters. The molecule has 0 saturated carbocycles. The fourth-order valence-electron chi connectivity index (χ4n) is 1.54. The topological polar surface area (TPSA) is 30.2 Å². The number of halogens is 1. The molecule has 0 unspecified atom stereocenters. The minimum atomic E-state index is 0.117. The van der Waals surface area contributed by atoms with Crippen molar-refractivity contribution >= 4 is 29.1 Å². The van der Waals surface area contributed by atoms with Gasteiger partial charge in [-0.2, -0.15) is 0 Å². The summed E-state index contributed by atoms with van der Waals surface area (Å²) < 4.78 is 5.21. The molecular formula is C14H13ClO2S. The van der Waals surface area contributed by atoms with Gasteiger partial charge in [0.15, 0.2) is 5.78 Å². The van der Waals surface area contributed by atoms with Crippen molar-refractivity contribution in [3.05, 3.63) is 58.5 Å². The lowest BCUT2D eigenvalue weighted by Crippen LogP contribution is -2.03. The molecule has 0 aliphatic carbocycles. The predicted molar refractivity (Wildman–Crippen MR) is 75.4 cm³/mol. The molecule has 2 rings (SSSR count). The van der Waals surface area contributed by atoms with Gasteiger partial charge in [-0.1, -0.05) is 11.6 Å². The Hall–Kier alpha value is -1.19. The summed E-state index contributed by atoms with van der Waals surface area (Å²) in [5.41, 5.74) is 1.64. The standard InChI is InChI=1S/C14H13ClO2S/c1-10-7-11(4-5-13(10)15)14(16)9-18-8-12-3-2-6-17-12/h2-7H,8-9H2,1H3. The third kappa shape index (κ3) is 3.40. The van der Waals surface area contributed by atoms with Crippen LogP contribution in [-0.2, 0) is 5.75 Å². The van der Waals surface area contributed by atoms with E-state index < -0.39 is 0 Å². The number of thioether (sulfide) groups is 1. The van der Waals surface area contributed by atoms with Gasteiger partial charge in [-0.3, -0.25) is 4.79 Å². The van der Waals surface area contributed by atoms with Crippen molar-refractivity contribution < 1.29 is 9.21 Å². The molecule has 0 aliphatic heterocycles. The zero-order valence-corrected chi connectivity index (χ0v) is 11.6. The van der Waals surface area contributed by atoms with Gasteiger partial charge in [-0.15, -0.1) is 11.8 Å². The summed E-state index contributed by atoms with van der Waals surface area (Å²) in [6.07, 6.45) is 1.64. The molecule has 18 heavy (non-hydrogen) atoms. The Labute approximate surface area is 115 Å². The molecule has 0 radical (unpaired) electrons. The van der Waals surface area contributed by atoms with Gasteiger partial charge < -0.3 is 4.42 Å². The third-order valence-corrected chi connectivity index (χ3v) is 3.92. The summed E-state index contributed by atoms with van der Waals surface area (Å²) in [6, 6.07) is 9.12.